The molecule has 0 aliphatic rings. The number of nitrogens with zero attached hydrogens (tertiary/aromatic N) is 1. The highest BCUT2D eigenvalue weighted by Gasteiger charge is 2.07. The molecule has 0 saturated carbocycles. The molecule has 0 radical (unpaired) electrons. The quantitative estimate of drug-likeness (QED) is 0.837. The first-order valence-electron chi connectivity index (χ1n) is 5.83. The van der Waals surface area contributed by atoms with Crippen molar-refractivity contribution in [1.82, 2.24) is 5.43 Å². The number of hydrogen-bond acceptors (Lipinski definition) is 2. The van der Waals surface area contributed by atoms with Crippen LogP contribution in [0.25, 0.3) is 0 Å². The van der Waals surface area contributed by atoms with Crippen molar-refractivity contribution < 1.29 is 4.79 Å². The summed E-state index contributed by atoms with van der Waals surface area (Å²) in [6.45, 7) is 2.00. The molecule has 0 spiro atoms. The van der Waals surface area contributed by atoms with Crippen LogP contribution >= 0.6 is 0 Å². The van der Waals surface area contributed by atoms with Gasteiger partial charge in [0, 0.05) is 12.6 Å². The summed E-state index contributed by atoms with van der Waals surface area (Å²) in [5.74, 6) is -0.110. The number of anilines is 1. The van der Waals surface area contributed by atoms with E-state index >= 15 is 0 Å². The van der Waals surface area contributed by atoms with Crippen LogP contribution in [0.3, 0.4) is 0 Å². The molecule has 18 heavy (non-hydrogen) atoms. The molecule has 0 saturated heterocycles. The van der Waals surface area contributed by atoms with E-state index in [1.165, 1.54) is 0 Å². The number of rotatable bonds is 3. The Morgan fingerprint density at radius 3 is 2.22 bits per heavy atom. The summed E-state index contributed by atoms with van der Waals surface area (Å²) in [7, 11) is 1.82. The molecule has 2 aromatic rings. The van der Waals surface area contributed by atoms with E-state index < -0.39 is 0 Å². The summed E-state index contributed by atoms with van der Waals surface area (Å²) in [6, 6.07) is 17.2. The van der Waals surface area contributed by atoms with Crippen LogP contribution in [0.2, 0.25) is 0 Å². The average molecular weight is 240 g/mol. The highest BCUT2D eigenvalue weighted by atomic mass is 16.2. The normalized spacial score (nSPS) is 9.89. The first kappa shape index (κ1) is 12.2. The monoisotopic (exact) mass is 240 g/mol. The van der Waals surface area contributed by atoms with Crippen molar-refractivity contribution in [1.29, 1.82) is 0 Å². The number of para-hydroxylation sites is 1. The molecule has 0 heterocycles. The molecule has 0 fully saturated rings. The Labute approximate surface area is 107 Å². The Morgan fingerprint density at radius 2 is 1.61 bits per heavy atom. The van der Waals surface area contributed by atoms with Gasteiger partial charge in [-0.3, -0.25) is 15.2 Å². The minimum atomic E-state index is -0.110. The zero-order valence-corrected chi connectivity index (χ0v) is 10.6. The summed E-state index contributed by atoms with van der Waals surface area (Å²) in [4.78, 5) is 12.0. The van der Waals surface area contributed by atoms with E-state index in [1.54, 1.807) is 5.01 Å². The third kappa shape index (κ3) is 2.88. The molecule has 2 aromatic carbocycles. The number of carbonyl (C=O) groups is 1. The third-order valence-electron chi connectivity index (χ3n) is 2.73. The number of carbonyl (C=O) groups excluding carboxylic acids is 1. The SMILES string of the molecule is Cc1ccc(C(=O)NN(C)c2ccccc2)cc1. The van der Waals surface area contributed by atoms with Crippen LogP contribution in [0.4, 0.5) is 5.69 Å². The summed E-state index contributed by atoms with van der Waals surface area (Å²) in [5.41, 5.74) is 5.57. The molecular formula is C15H16N2O. The van der Waals surface area contributed by atoms with Gasteiger partial charge < -0.3 is 0 Å². The lowest BCUT2D eigenvalue weighted by Gasteiger charge is -2.20. The Bertz CT molecular complexity index is 520. The molecule has 0 bridgehead atoms. The lowest BCUT2D eigenvalue weighted by Crippen LogP contribution is -2.39. The third-order valence-corrected chi connectivity index (χ3v) is 2.73. The number of aryl methyl sites for hydroxylation is 1. The minimum absolute atomic E-state index is 0.110. The van der Waals surface area contributed by atoms with Gasteiger partial charge in [-0.1, -0.05) is 35.9 Å². The van der Waals surface area contributed by atoms with Crippen LogP contribution in [0.15, 0.2) is 54.6 Å². The first-order chi connectivity index (χ1) is 8.66. The average Bonchev–Trinajstić information content (AvgIpc) is 2.40. The van der Waals surface area contributed by atoms with Crippen LogP contribution in [0, 0.1) is 6.92 Å². The number of amides is 1. The van der Waals surface area contributed by atoms with Crippen molar-refractivity contribution in [2.24, 2.45) is 0 Å². The molecule has 0 aliphatic carbocycles. The van der Waals surface area contributed by atoms with Crippen LogP contribution in [0.1, 0.15) is 15.9 Å². The van der Waals surface area contributed by atoms with Gasteiger partial charge in [0.15, 0.2) is 0 Å². The molecule has 0 atom stereocenters. The highest BCUT2D eigenvalue weighted by molar-refractivity contribution is 5.95. The van der Waals surface area contributed by atoms with Gasteiger partial charge in [-0.15, -0.1) is 0 Å². The van der Waals surface area contributed by atoms with E-state index in [0.29, 0.717) is 5.56 Å². The van der Waals surface area contributed by atoms with Gasteiger partial charge in [-0.05, 0) is 31.2 Å². The van der Waals surface area contributed by atoms with Gasteiger partial charge >= 0.3 is 0 Å². The second kappa shape index (κ2) is 5.36. The van der Waals surface area contributed by atoms with Crippen molar-refractivity contribution >= 4 is 11.6 Å². The van der Waals surface area contributed by atoms with Crippen molar-refractivity contribution in [3.05, 3.63) is 65.7 Å². The standard InChI is InChI=1S/C15H16N2O/c1-12-8-10-13(11-9-12)15(18)16-17(2)14-6-4-3-5-7-14/h3-11H,1-2H3,(H,16,18). The van der Waals surface area contributed by atoms with Crippen LogP contribution < -0.4 is 10.4 Å². The van der Waals surface area contributed by atoms with Crippen molar-refractivity contribution in [2.45, 2.75) is 6.92 Å². The number of nitrogens with one attached hydrogen (secondary N) is 1. The molecule has 0 aliphatic heterocycles. The van der Waals surface area contributed by atoms with Crippen molar-refractivity contribution in [3.63, 3.8) is 0 Å². The molecule has 3 heteroatoms. The molecule has 1 N–H and O–H groups in total. The summed E-state index contributed by atoms with van der Waals surface area (Å²) in [6.07, 6.45) is 0. The van der Waals surface area contributed by atoms with E-state index in [4.69, 9.17) is 0 Å². The molecule has 2 rings (SSSR count). The predicted octanol–water partition coefficient (Wildman–Crippen LogP) is 2.78. The molecular weight excluding hydrogens is 224 g/mol. The fraction of sp³-hybridized carbons (Fsp3) is 0.133. The zero-order valence-electron chi connectivity index (χ0n) is 10.6. The van der Waals surface area contributed by atoms with Gasteiger partial charge in [-0.25, -0.2) is 0 Å². The Morgan fingerprint density at radius 1 is 1.00 bits per heavy atom. The lowest BCUT2D eigenvalue weighted by atomic mass is 10.1. The van der Waals surface area contributed by atoms with E-state index in [0.717, 1.165) is 11.3 Å². The van der Waals surface area contributed by atoms with E-state index in [1.807, 2.05) is 68.6 Å². The Hall–Kier alpha value is -2.29. The van der Waals surface area contributed by atoms with Gasteiger partial charge in [0.1, 0.15) is 0 Å². The number of hydrazine groups is 1. The fourth-order valence-electron chi connectivity index (χ4n) is 1.64. The summed E-state index contributed by atoms with van der Waals surface area (Å²) >= 11 is 0. The van der Waals surface area contributed by atoms with Crippen LogP contribution in [-0.4, -0.2) is 13.0 Å². The second-order valence-electron chi connectivity index (χ2n) is 4.20. The highest BCUT2D eigenvalue weighted by Crippen LogP contribution is 2.09. The smallest absolute Gasteiger partial charge is 0.269 e. The maximum Gasteiger partial charge on any atom is 0.269 e. The van der Waals surface area contributed by atoms with E-state index in [-0.39, 0.29) is 5.91 Å². The number of benzene rings is 2. The Kier molecular flexibility index (Phi) is 3.63. The van der Waals surface area contributed by atoms with Gasteiger partial charge in [0.2, 0.25) is 0 Å². The molecule has 92 valence electrons. The molecule has 3 nitrogen and oxygen atoms in total. The molecule has 1 amide bonds. The van der Waals surface area contributed by atoms with Crippen molar-refractivity contribution in [2.75, 3.05) is 12.1 Å². The second-order valence-corrected chi connectivity index (χ2v) is 4.20. The van der Waals surface area contributed by atoms with Gasteiger partial charge in [-0.2, -0.15) is 0 Å². The fourth-order valence-corrected chi connectivity index (χ4v) is 1.64. The maximum absolute atomic E-state index is 12.0. The Balaban J connectivity index is 2.06. The largest absolute Gasteiger partial charge is 0.288 e. The summed E-state index contributed by atoms with van der Waals surface area (Å²) < 4.78 is 0. The van der Waals surface area contributed by atoms with Gasteiger partial charge in [0.05, 0.1) is 5.69 Å². The number of hydrogen-bond donors (Lipinski definition) is 1. The first-order valence-corrected chi connectivity index (χ1v) is 5.83. The topological polar surface area (TPSA) is 32.3 Å². The van der Waals surface area contributed by atoms with Gasteiger partial charge in [0.25, 0.3) is 5.91 Å². The predicted molar refractivity (Wildman–Crippen MR) is 73.5 cm³/mol. The molecule has 0 unspecified atom stereocenters. The molecule has 0 aromatic heterocycles. The van der Waals surface area contributed by atoms with Crippen LogP contribution in [-0.2, 0) is 0 Å². The van der Waals surface area contributed by atoms with E-state index in [9.17, 15) is 4.79 Å². The minimum Gasteiger partial charge on any atom is -0.288 e. The summed E-state index contributed by atoms with van der Waals surface area (Å²) in [5, 5.41) is 1.71. The van der Waals surface area contributed by atoms with E-state index in [2.05, 4.69) is 5.43 Å². The maximum atomic E-state index is 12.0. The van der Waals surface area contributed by atoms with Crippen LogP contribution in [0.5, 0.6) is 0 Å². The van der Waals surface area contributed by atoms with Crippen molar-refractivity contribution in [3.8, 4) is 0 Å². The lowest BCUT2D eigenvalue weighted by molar-refractivity contribution is 0.0951. The zero-order chi connectivity index (χ0) is 13.0.